The molecule has 0 amide bonds. The molecule has 0 aliphatic rings. The molecule has 0 bridgehead atoms. The molecule has 21 heavy (non-hydrogen) atoms. The van der Waals surface area contributed by atoms with E-state index in [0.29, 0.717) is 12.2 Å². The predicted molar refractivity (Wildman–Crippen MR) is 85.1 cm³/mol. The maximum atomic E-state index is 11.9. The number of ether oxygens (including phenoxy) is 1. The zero-order valence-electron chi connectivity index (χ0n) is 12.5. The molecule has 0 unspecified atom stereocenters. The lowest BCUT2D eigenvalue weighted by atomic mass is 9.89. The first-order valence-electron chi connectivity index (χ1n) is 7.17. The molecule has 2 nitrogen and oxygen atoms in total. The Kier molecular flexibility index (Phi) is 5.33. The smallest absolute Gasteiger partial charge is 0.333 e. The highest BCUT2D eigenvalue weighted by atomic mass is 16.5. The highest BCUT2D eigenvalue weighted by Crippen LogP contribution is 2.27. The molecule has 0 atom stereocenters. The first kappa shape index (κ1) is 15.0. The van der Waals surface area contributed by atoms with Gasteiger partial charge in [0.25, 0.3) is 0 Å². The van der Waals surface area contributed by atoms with Gasteiger partial charge in [0.15, 0.2) is 0 Å². The molecule has 0 saturated heterocycles. The van der Waals surface area contributed by atoms with Gasteiger partial charge in [-0.05, 0) is 25.0 Å². The van der Waals surface area contributed by atoms with Gasteiger partial charge in [-0.2, -0.15) is 0 Å². The van der Waals surface area contributed by atoms with Crippen LogP contribution < -0.4 is 0 Å². The van der Waals surface area contributed by atoms with Crippen LogP contribution in [0.15, 0.2) is 72.3 Å². The van der Waals surface area contributed by atoms with Crippen molar-refractivity contribution in [1.82, 2.24) is 0 Å². The van der Waals surface area contributed by atoms with Crippen LogP contribution in [0.2, 0.25) is 0 Å². The van der Waals surface area contributed by atoms with Crippen molar-refractivity contribution in [1.29, 1.82) is 0 Å². The molecule has 0 fully saturated rings. The molecule has 0 saturated carbocycles. The van der Waals surface area contributed by atoms with Crippen LogP contribution in [-0.4, -0.2) is 12.6 Å². The van der Waals surface area contributed by atoms with Crippen LogP contribution in [0.25, 0.3) is 0 Å². The predicted octanol–water partition coefficient (Wildman–Crippen LogP) is 4.33. The molecule has 2 heteroatoms. The van der Waals surface area contributed by atoms with E-state index in [-0.39, 0.29) is 11.9 Å². The highest BCUT2D eigenvalue weighted by Gasteiger charge is 2.14. The fraction of sp³-hybridized carbons (Fsp3) is 0.211. The van der Waals surface area contributed by atoms with Crippen molar-refractivity contribution in [2.24, 2.45) is 0 Å². The van der Waals surface area contributed by atoms with Crippen molar-refractivity contribution >= 4 is 5.97 Å². The van der Waals surface area contributed by atoms with Crippen molar-refractivity contribution in [3.8, 4) is 0 Å². The average molecular weight is 280 g/mol. The van der Waals surface area contributed by atoms with Crippen LogP contribution in [0.3, 0.4) is 0 Å². The molecule has 0 aromatic heterocycles. The van der Waals surface area contributed by atoms with Gasteiger partial charge >= 0.3 is 5.97 Å². The lowest BCUT2D eigenvalue weighted by Gasteiger charge is -2.15. The highest BCUT2D eigenvalue weighted by molar-refractivity contribution is 5.88. The van der Waals surface area contributed by atoms with Crippen LogP contribution in [0.1, 0.15) is 30.9 Å². The van der Waals surface area contributed by atoms with Crippen molar-refractivity contribution in [3.05, 3.63) is 83.4 Å². The van der Waals surface area contributed by atoms with Crippen LogP contribution in [0.4, 0.5) is 0 Å². The normalized spacial score (nSPS) is 11.5. The third kappa shape index (κ3) is 4.06. The number of hydrogen-bond donors (Lipinski definition) is 0. The number of rotatable bonds is 5. The van der Waals surface area contributed by atoms with E-state index in [4.69, 9.17) is 4.74 Å². The second-order valence-electron chi connectivity index (χ2n) is 4.87. The number of esters is 1. The minimum Gasteiger partial charge on any atom is -0.463 e. The molecular weight excluding hydrogens is 260 g/mol. The maximum absolute atomic E-state index is 11.9. The Balaban J connectivity index is 2.38. The number of hydrogen-bond acceptors (Lipinski definition) is 2. The molecule has 2 aromatic carbocycles. The summed E-state index contributed by atoms with van der Waals surface area (Å²) in [4.78, 5) is 11.9. The van der Waals surface area contributed by atoms with E-state index >= 15 is 0 Å². The van der Waals surface area contributed by atoms with Gasteiger partial charge in [-0.1, -0.05) is 66.7 Å². The lowest BCUT2D eigenvalue weighted by molar-refractivity contribution is -0.138. The Labute approximate surface area is 126 Å². The van der Waals surface area contributed by atoms with Gasteiger partial charge in [0.05, 0.1) is 6.61 Å². The second kappa shape index (κ2) is 7.44. The summed E-state index contributed by atoms with van der Waals surface area (Å²) < 4.78 is 5.07. The fourth-order valence-corrected chi connectivity index (χ4v) is 2.27. The molecule has 2 rings (SSSR count). The first-order chi connectivity index (χ1) is 10.2. The summed E-state index contributed by atoms with van der Waals surface area (Å²) in [5.41, 5.74) is 2.95. The SMILES string of the molecule is CCOC(=O)/C(C)=C/C(c1ccccc1)c1ccccc1. The minimum absolute atomic E-state index is 0.0526. The number of allylic oxidation sites excluding steroid dienone is 1. The number of carbonyl (C=O) groups is 1. The zero-order valence-corrected chi connectivity index (χ0v) is 12.5. The van der Waals surface area contributed by atoms with Gasteiger partial charge in [0, 0.05) is 11.5 Å². The molecule has 0 spiro atoms. The second-order valence-corrected chi connectivity index (χ2v) is 4.87. The largest absolute Gasteiger partial charge is 0.463 e. The van der Waals surface area contributed by atoms with Gasteiger partial charge in [-0.15, -0.1) is 0 Å². The van der Waals surface area contributed by atoms with Crippen molar-refractivity contribution in [2.75, 3.05) is 6.61 Å². The number of benzene rings is 2. The minimum atomic E-state index is -0.255. The van der Waals surface area contributed by atoms with Crippen LogP contribution in [0.5, 0.6) is 0 Å². The van der Waals surface area contributed by atoms with E-state index in [1.54, 1.807) is 6.92 Å². The van der Waals surface area contributed by atoms with Crippen molar-refractivity contribution in [2.45, 2.75) is 19.8 Å². The van der Waals surface area contributed by atoms with Crippen molar-refractivity contribution < 1.29 is 9.53 Å². The third-order valence-corrected chi connectivity index (χ3v) is 3.33. The number of carbonyl (C=O) groups excluding carboxylic acids is 1. The summed E-state index contributed by atoms with van der Waals surface area (Å²) in [6.45, 7) is 4.01. The Morgan fingerprint density at radius 1 is 1.00 bits per heavy atom. The standard InChI is InChI=1S/C19H20O2/c1-3-21-19(20)15(2)14-18(16-10-6-4-7-11-16)17-12-8-5-9-13-17/h4-14,18H,3H2,1-2H3/b15-14+. The van der Waals surface area contributed by atoms with Gasteiger partial charge in [0.1, 0.15) is 0 Å². The maximum Gasteiger partial charge on any atom is 0.333 e. The zero-order chi connectivity index (χ0) is 15.1. The van der Waals surface area contributed by atoms with Gasteiger partial charge in [-0.3, -0.25) is 0 Å². The lowest BCUT2D eigenvalue weighted by Crippen LogP contribution is -2.07. The van der Waals surface area contributed by atoms with Gasteiger partial charge in [-0.25, -0.2) is 4.79 Å². The molecule has 0 N–H and O–H groups in total. The summed E-state index contributed by atoms with van der Waals surface area (Å²) in [7, 11) is 0. The van der Waals surface area contributed by atoms with E-state index in [2.05, 4.69) is 24.3 Å². The third-order valence-electron chi connectivity index (χ3n) is 3.33. The van der Waals surface area contributed by atoms with E-state index in [1.807, 2.05) is 49.4 Å². The Hall–Kier alpha value is -2.35. The molecule has 0 aliphatic heterocycles. The average Bonchev–Trinajstić information content (AvgIpc) is 2.54. The van der Waals surface area contributed by atoms with E-state index in [0.717, 1.165) is 11.1 Å². The molecule has 2 aromatic rings. The Morgan fingerprint density at radius 2 is 1.48 bits per heavy atom. The van der Waals surface area contributed by atoms with Crippen LogP contribution in [0, 0.1) is 0 Å². The topological polar surface area (TPSA) is 26.3 Å². The Bertz CT molecular complexity index is 560. The van der Waals surface area contributed by atoms with Gasteiger partial charge < -0.3 is 4.74 Å². The molecule has 108 valence electrons. The van der Waals surface area contributed by atoms with Gasteiger partial charge in [0.2, 0.25) is 0 Å². The first-order valence-corrected chi connectivity index (χ1v) is 7.17. The molecular formula is C19H20O2. The summed E-state index contributed by atoms with van der Waals surface area (Å²) in [5, 5.41) is 0. The summed E-state index contributed by atoms with van der Waals surface area (Å²) >= 11 is 0. The molecule has 0 aliphatic carbocycles. The van der Waals surface area contributed by atoms with Crippen LogP contribution in [-0.2, 0) is 9.53 Å². The quantitative estimate of drug-likeness (QED) is 0.602. The Morgan fingerprint density at radius 3 is 1.90 bits per heavy atom. The molecule has 0 radical (unpaired) electrons. The van der Waals surface area contributed by atoms with Crippen LogP contribution >= 0.6 is 0 Å². The van der Waals surface area contributed by atoms with Crippen molar-refractivity contribution in [3.63, 3.8) is 0 Å². The van der Waals surface area contributed by atoms with E-state index < -0.39 is 0 Å². The summed E-state index contributed by atoms with van der Waals surface area (Å²) in [6, 6.07) is 20.3. The monoisotopic (exact) mass is 280 g/mol. The van der Waals surface area contributed by atoms with E-state index in [1.165, 1.54) is 0 Å². The fourth-order valence-electron chi connectivity index (χ4n) is 2.27. The summed E-state index contributed by atoms with van der Waals surface area (Å²) in [6.07, 6.45) is 1.97. The summed E-state index contributed by atoms with van der Waals surface area (Å²) in [5.74, 6) is -0.203. The molecule has 0 heterocycles. The van der Waals surface area contributed by atoms with E-state index in [9.17, 15) is 4.79 Å².